The van der Waals surface area contributed by atoms with Crippen molar-refractivity contribution in [3.8, 4) is 17.2 Å². The van der Waals surface area contributed by atoms with Crippen molar-refractivity contribution in [2.75, 3.05) is 25.2 Å². The third kappa shape index (κ3) is 5.30. The number of aliphatic hydroxyl groups excluding tert-OH is 1. The van der Waals surface area contributed by atoms with Crippen LogP contribution in [0.3, 0.4) is 0 Å². The Morgan fingerprint density at radius 3 is 2.21 bits per heavy atom. The Hall–Kier alpha value is -3.32. The lowest BCUT2D eigenvalue weighted by Gasteiger charge is -2.41. The molecular weight excluding hydrogens is 523 g/mol. The average Bonchev–Trinajstić information content (AvgIpc) is 3.07. The molecule has 0 bridgehead atoms. The summed E-state index contributed by atoms with van der Waals surface area (Å²) < 4.78 is 74.2. The molecule has 1 fully saturated rings. The quantitative estimate of drug-likeness (QED) is 0.465. The molecule has 38 heavy (non-hydrogen) atoms. The molecule has 0 amide bonds. The first-order chi connectivity index (χ1) is 18.2. The first-order valence-electron chi connectivity index (χ1n) is 11.9. The van der Waals surface area contributed by atoms with Crippen LogP contribution < -0.4 is 19.1 Å². The van der Waals surface area contributed by atoms with E-state index in [0.29, 0.717) is 24.5 Å². The van der Waals surface area contributed by atoms with Crippen molar-refractivity contribution in [2.24, 2.45) is 4.36 Å². The second-order valence-corrected chi connectivity index (χ2v) is 10.9. The first-order valence-corrected chi connectivity index (χ1v) is 13.4. The molecule has 2 heterocycles. The molecule has 8 nitrogen and oxygen atoms in total. The average molecular weight is 550 g/mol. The lowest BCUT2D eigenvalue weighted by Crippen LogP contribution is -2.54. The highest BCUT2D eigenvalue weighted by Crippen LogP contribution is 2.48. The van der Waals surface area contributed by atoms with E-state index in [0.717, 1.165) is 23.5 Å². The van der Waals surface area contributed by atoms with E-state index in [-0.39, 0.29) is 11.5 Å². The van der Waals surface area contributed by atoms with E-state index in [1.807, 2.05) is 53.4 Å². The van der Waals surface area contributed by atoms with Crippen molar-refractivity contribution in [2.45, 2.75) is 35.9 Å². The molecule has 1 unspecified atom stereocenters. The molecule has 3 aromatic rings. The van der Waals surface area contributed by atoms with Gasteiger partial charge in [-0.3, -0.25) is 0 Å². The Kier molecular flexibility index (Phi) is 7.23. The zero-order valence-electron chi connectivity index (χ0n) is 20.3. The smallest absolute Gasteiger partial charge is 0.453 e. The molecule has 4 atom stereocenters. The van der Waals surface area contributed by atoms with Gasteiger partial charge in [0.05, 0.1) is 41.1 Å². The van der Waals surface area contributed by atoms with E-state index in [1.54, 1.807) is 0 Å². The van der Waals surface area contributed by atoms with Crippen LogP contribution in [0.5, 0.6) is 17.2 Å². The van der Waals surface area contributed by atoms with Gasteiger partial charge in [0.1, 0.15) is 15.7 Å². The molecule has 1 saturated heterocycles. The standard InChI is InChI=1S/C26H26F3N3O5S/c1-30-38(34,18-12-10-17(11-13-18)37-26(27,28)29)31-19-16-35-15-14-22(25(19)33)32-20-6-2-4-8-23(20)36-24-9-5-3-7-21(24)32/h2-13,19,22,25,33H,14-16H2,1H3,(H,30,31,34)/t19-,22+,25-,38?/m0/s1. The summed E-state index contributed by atoms with van der Waals surface area (Å²) in [5, 5.41) is 11.7. The maximum Gasteiger partial charge on any atom is 0.573 e. The molecular formula is C26H26F3N3O5S. The molecule has 0 saturated carbocycles. The number of halogens is 3. The molecule has 2 aliphatic rings. The fraction of sp³-hybridized carbons (Fsp3) is 0.308. The van der Waals surface area contributed by atoms with Gasteiger partial charge < -0.3 is 24.2 Å². The monoisotopic (exact) mass is 549 g/mol. The fourth-order valence-electron chi connectivity index (χ4n) is 4.69. The summed E-state index contributed by atoms with van der Waals surface area (Å²) in [7, 11) is -2.00. The lowest BCUT2D eigenvalue weighted by atomic mass is 9.98. The highest BCUT2D eigenvalue weighted by molar-refractivity contribution is 7.91. The second kappa shape index (κ2) is 10.4. The number of para-hydroxylation sites is 4. The summed E-state index contributed by atoms with van der Waals surface area (Å²) in [6.07, 6.45) is -5.44. The van der Waals surface area contributed by atoms with Crippen molar-refractivity contribution < 1.29 is 36.7 Å². The number of nitrogens with one attached hydrogen (secondary N) is 1. The molecule has 0 aliphatic carbocycles. The Morgan fingerprint density at radius 1 is 1.03 bits per heavy atom. The number of hydrogen-bond acceptors (Lipinski definition) is 7. The van der Waals surface area contributed by atoms with E-state index in [9.17, 15) is 22.5 Å². The summed E-state index contributed by atoms with van der Waals surface area (Å²) in [6.45, 7) is 0.391. The Labute approximate surface area is 218 Å². The Bertz CT molecular complexity index is 1360. The third-order valence-electron chi connectivity index (χ3n) is 6.41. The van der Waals surface area contributed by atoms with Crippen molar-refractivity contribution >= 4 is 21.3 Å². The van der Waals surface area contributed by atoms with Gasteiger partial charge in [0.2, 0.25) is 0 Å². The van der Waals surface area contributed by atoms with Gasteiger partial charge in [-0.15, -0.1) is 13.2 Å². The van der Waals surface area contributed by atoms with Gasteiger partial charge in [-0.05, 0) is 55.0 Å². The number of fused-ring (bicyclic) bond motifs is 2. The Morgan fingerprint density at radius 2 is 1.63 bits per heavy atom. The van der Waals surface area contributed by atoms with Gasteiger partial charge in [-0.1, -0.05) is 24.3 Å². The fourth-order valence-corrected chi connectivity index (χ4v) is 6.26. The van der Waals surface area contributed by atoms with Gasteiger partial charge in [0, 0.05) is 13.7 Å². The van der Waals surface area contributed by atoms with Crippen LogP contribution in [-0.4, -0.2) is 54.1 Å². The maximum absolute atomic E-state index is 13.8. The zero-order chi connectivity index (χ0) is 26.9. The molecule has 12 heteroatoms. The van der Waals surface area contributed by atoms with E-state index < -0.39 is 40.2 Å². The van der Waals surface area contributed by atoms with Gasteiger partial charge in [0.25, 0.3) is 0 Å². The van der Waals surface area contributed by atoms with Crippen LogP contribution in [0.4, 0.5) is 24.5 Å². The lowest BCUT2D eigenvalue weighted by molar-refractivity contribution is -0.274. The number of hydrogen-bond donors (Lipinski definition) is 2. The predicted molar refractivity (Wildman–Crippen MR) is 135 cm³/mol. The zero-order valence-corrected chi connectivity index (χ0v) is 21.1. The van der Waals surface area contributed by atoms with Crippen molar-refractivity contribution in [1.82, 2.24) is 4.72 Å². The minimum atomic E-state index is -4.84. The van der Waals surface area contributed by atoms with E-state index in [4.69, 9.17) is 9.47 Å². The van der Waals surface area contributed by atoms with Crippen LogP contribution in [0.1, 0.15) is 6.42 Å². The minimum Gasteiger partial charge on any atom is -0.453 e. The normalized spacial score (nSPS) is 22.8. The second-order valence-electron chi connectivity index (χ2n) is 8.78. The van der Waals surface area contributed by atoms with E-state index >= 15 is 0 Å². The molecule has 0 spiro atoms. The Balaban J connectivity index is 1.45. The topological polar surface area (TPSA) is 92.6 Å². The SMILES string of the molecule is CN=S(=O)(N[C@H]1COCC[C@@H](N2c3ccccc3Oc3ccccc32)[C@H]1O)c1ccc(OC(F)(F)F)cc1. The van der Waals surface area contributed by atoms with Crippen LogP contribution in [0.2, 0.25) is 0 Å². The molecule has 0 radical (unpaired) electrons. The molecule has 5 rings (SSSR count). The van der Waals surface area contributed by atoms with E-state index in [1.165, 1.54) is 19.2 Å². The number of anilines is 2. The number of nitrogens with zero attached hydrogens (tertiary/aromatic N) is 2. The van der Waals surface area contributed by atoms with Gasteiger partial charge in [-0.2, -0.15) is 0 Å². The van der Waals surface area contributed by atoms with Crippen LogP contribution >= 0.6 is 0 Å². The van der Waals surface area contributed by atoms with E-state index in [2.05, 4.69) is 13.8 Å². The van der Waals surface area contributed by atoms with Crippen LogP contribution in [0, 0.1) is 0 Å². The van der Waals surface area contributed by atoms with Gasteiger partial charge in [-0.25, -0.2) is 13.3 Å². The summed E-state index contributed by atoms with van der Waals surface area (Å²) >= 11 is 0. The van der Waals surface area contributed by atoms with Crippen molar-refractivity contribution in [3.05, 3.63) is 72.8 Å². The minimum absolute atomic E-state index is 0.0487. The number of aliphatic hydroxyl groups is 1. The molecule has 2 N–H and O–H groups in total. The van der Waals surface area contributed by atoms with Crippen molar-refractivity contribution in [3.63, 3.8) is 0 Å². The molecule has 3 aromatic carbocycles. The highest BCUT2D eigenvalue weighted by atomic mass is 32.2. The highest BCUT2D eigenvalue weighted by Gasteiger charge is 2.40. The number of ether oxygens (including phenoxy) is 3. The largest absolute Gasteiger partial charge is 0.573 e. The molecule has 202 valence electrons. The van der Waals surface area contributed by atoms with Crippen LogP contribution in [0.25, 0.3) is 0 Å². The van der Waals surface area contributed by atoms with Gasteiger partial charge >= 0.3 is 6.36 Å². The summed E-state index contributed by atoms with van der Waals surface area (Å²) in [6, 6.07) is 18.3. The molecule has 0 aromatic heterocycles. The number of alkyl halides is 3. The summed E-state index contributed by atoms with van der Waals surface area (Å²) in [4.78, 5) is 2.15. The predicted octanol–water partition coefficient (Wildman–Crippen LogP) is 5.01. The summed E-state index contributed by atoms with van der Waals surface area (Å²) in [5.74, 6) is 0.838. The third-order valence-corrected chi connectivity index (χ3v) is 8.46. The summed E-state index contributed by atoms with van der Waals surface area (Å²) in [5.41, 5.74) is 1.55. The number of rotatable bonds is 5. The number of benzene rings is 3. The molecule has 2 aliphatic heterocycles. The first kappa shape index (κ1) is 26.3. The van der Waals surface area contributed by atoms with Crippen molar-refractivity contribution in [1.29, 1.82) is 0 Å². The maximum atomic E-state index is 13.8. The van der Waals surface area contributed by atoms with Gasteiger partial charge in [0.15, 0.2) is 11.5 Å². The van der Waals surface area contributed by atoms with Crippen LogP contribution in [-0.2, 0) is 14.7 Å². The van der Waals surface area contributed by atoms with Crippen LogP contribution in [0.15, 0.2) is 82.1 Å².